The maximum Gasteiger partial charge on any atom is 0.341 e. The number of carbonyl (C=O) groups is 1. The van der Waals surface area contributed by atoms with Crippen LogP contribution in [0.1, 0.15) is 42.1 Å². The first-order chi connectivity index (χ1) is 16.8. The van der Waals surface area contributed by atoms with Crippen molar-refractivity contribution >= 4 is 35.0 Å². The number of benzene rings is 1. The first-order valence-electron chi connectivity index (χ1n) is 12.0. The van der Waals surface area contributed by atoms with Crippen molar-refractivity contribution < 1.29 is 23.9 Å². The maximum absolute atomic E-state index is 14.2. The second kappa shape index (κ2) is 11.3. The fourth-order valence-electron chi connectivity index (χ4n) is 5.27. The summed E-state index contributed by atoms with van der Waals surface area (Å²) in [6.45, 7) is 6.90. The van der Waals surface area contributed by atoms with Gasteiger partial charge in [0.2, 0.25) is 0 Å². The number of piperidine rings is 1. The minimum atomic E-state index is -0.553. The van der Waals surface area contributed by atoms with E-state index in [2.05, 4.69) is 21.6 Å². The molecule has 0 amide bonds. The SMILES string of the molecule is CC[C@H]1CN(c2c(Cl)cc(C(=O)OC)c[n+]2O)CCN1C1CCN(Cc2ccc(Cl)cc2F)CC1. The molecule has 1 aromatic heterocycles. The largest absolute Gasteiger partial charge is 0.465 e. The van der Waals surface area contributed by atoms with Gasteiger partial charge in [0, 0.05) is 35.8 Å². The molecule has 10 heteroatoms. The fraction of sp³-hybridized carbons (Fsp3) is 0.520. The number of likely N-dealkylation sites (tertiary alicyclic amines) is 1. The number of pyridine rings is 1. The lowest BCUT2D eigenvalue weighted by Crippen LogP contribution is -2.60. The van der Waals surface area contributed by atoms with E-state index in [0.717, 1.165) is 50.2 Å². The van der Waals surface area contributed by atoms with Crippen molar-refractivity contribution in [2.45, 2.75) is 44.8 Å². The van der Waals surface area contributed by atoms with Gasteiger partial charge in [-0.2, -0.15) is 0 Å². The van der Waals surface area contributed by atoms with E-state index in [1.54, 1.807) is 12.1 Å². The Bertz CT molecular complexity index is 1040. The van der Waals surface area contributed by atoms with Crippen LogP contribution in [0.15, 0.2) is 30.5 Å². The summed E-state index contributed by atoms with van der Waals surface area (Å²) in [4.78, 5) is 18.8. The molecule has 0 spiro atoms. The van der Waals surface area contributed by atoms with Crippen LogP contribution >= 0.6 is 23.2 Å². The van der Waals surface area contributed by atoms with Crippen LogP contribution < -0.4 is 9.63 Å². The molecule has 4 rings (SSSR count). The number of anilines is 1. The van der Waals surface area contributed by atoms with E-state index in [-0.39, 0.29) is 11.4 Å². The zero-order chi connectivity index (χ0) is 25.1. The summed E-state index contributed by atoms with van der Waals surface area (Å²) >= 11 is 12.3. The molecule has 2 aromatic rings. The van der Waals surface area contributed by atoms with Gasteiger partial charge in [0.05, 0.1) is 13.7 Å². The van der Waals surface area contributed by atoms with Crippen molar-refractivity contribution in [3.63, 3.8) is 0 Å². The number of hydrogen-bond donors (Lipinski definition) is 1. The van der Waals surface area contributed by atoms with Gasteiger partial charge in [-0.3, -0.25) is 14.7 Å². The quantitative estimate of drug-likeness (QED) is 0.349. The van der Waals surface area contributed by atoms with E-state index in [0.29, 0.717) is 46.6 Å². The van der Waals surface area contributed by atoms with Crippen LogP contribution in [0.2, 0.25) is 10.0 Å². The number of nitrogens with zero attached hydrogens (tertiary/aromatic N) is 4. The monoisotopic (exact) mass is 525 g/mol. The van der Waals surface area contributed by atoms with Gasteiger partial charge >= 0.3 is 11.8 Å². The highest BCUT2D eigenvalue weighted by molar-refractivity contribution is 6.33. The molecule has 2 saturated heterocycles. The minimum Gasteiger partial charge on any atom is -0.465 e. The summed E-state index contributed by atoms with van der Waals surface area (Å²) in [7, 11) is 1.29. The molecular weight excluding hydrogens is 494 g/mol. The fourth-order valence-corrected chi connectivity index (χ4v) is 5.75. The van der Waals surface area contributed by atoms with Gasteiger partial charge in [0.25, 0.3) is 0 Å². The highest BCUT2D eigenvalue weighted by Gasteiger charge is 2.38. The molecule has 1 atom stereocenters. The first kappa shape index (κ1) is 25.9. The predicted octanol–water partition coefficient (Wildman–Crippen LogP) is 4.01. The molecule has 35 heavy (non-hydrogen) atoms. The summed E-state index contributed by atoms with van der Waals surface area (Å²) < 4.78 is 19.9. The van der Waals surface area contributed by atoms with Gasteiger partial charge < -0.3 is 9.94 Å². The number of aromatic nitrogens is 1. The Balaban J connectivity index is 1.37. The summed E-state index contributed by atoms with van der Waals surface area (Å²) in [5.74, 6) is -0.318. The van der Waals surface area contributed by atoms with Gasteiger partial charge in [-0.25, -0.2) is 9.18 Å². The molecule has 2 aliphatic heterocycles. The smallest absolute Gasteiger partial charge is 0.341 e. The molecule has 0 unspecified atom stereocenters. The molecule has 0 bridgehead atoms. The zero-order valence-electron chi connectivity index (χ0n) is 20.1. The zero-order valence-corrected chi connectivity index (χ0v) is 21.6. The standard InChI is InChI=1S/C25H32Cl2FN4O3/c1-3-20-16-30(24-22(27)12-18(15-32(24)34)25(33)35-2)10-11-31(20)21-6-8-29(9-7-21)14-17-4-5-19(26)13-23(17)28/h4-5,12-13,15,20-21,34H,3,6-11,14,16H2,1-2H3/q+1/t20-/m0/s1. The lowest BCUT2D eigenvalue weighted by Gasteiger charge is -2.45. The van der Waals surface area contributed by atoms with Crippen molar-refractivity contribution in [3.05, 3.63) is 57.5 Å². The number of hydrogen-bond acceptors (Lipinski definition) is 6. The lowest BCUT2D eigenvalue weighted by molar-refractivity contribution is -0.894. The van der Waals surface area contributed by atoms with Crippen LogP contribution in [-0.4, -0.2) is 72.9 Å². The number of rotatable bonds is 6. The molecule has 190 valence electrons. The van der Waals surface area contributed by atoms with E-state index < -0.39 is 5.97 Å². The van der Waals surface area contributed by atoms with E-state index in [4.69, 9.17) is 27.9 Å². The van der Waals surface area contributed by atoms with Crippen LogP contribution in [0, 0.1) is 5.82 Å². The van der Waals surface area contributed by atoms with E-state index in [1.807, 2.05) is 0 Å². The third-order valence-corrected chi connectivity index (χ3v) is 7.64. The number of ether oxygens (including phenoxy) is 1. The predicted molar refractivity (Wildman–Crippen MR) is 133 cm³/mol. The third kappa shape index (κ3) is 5.82. The third-order valence-electron chi connectivity index (χ3n) is 7.13. The Hall–Kier alpha value is -2.13. The Labute approximate surface area is 215 Å². The van der Waals surface area contributed by atoms with E-state index in [9.17, 15) is 14.4 Å². The first-order valence-corrected chi connectivity index (χ1v) is 12.8. The molecule has 2 fully saturated rings. The average Bonchev–Trinajstić information content (AvgIpc) is 2.85. The van der Waals surface area contributed by atoms with Crippen LogP contribution in [0.5, 0.6) is 0 Å². The Morgan fingerprint density at radius 1 is 1.20 bits per heavy atom. The second-order valence-corrected chi connectivity index (χ2v) is 10.1. The molecule has 0 aliphatic carbocycles. The maximum atomic E-state index is 14.2. The van der Waals surface area contributed by atoms with E-state index >= 15 is 0 Å². The molecule has 1 aromatic carbocycles. The summed E-state index contributed by atoms with van der Waals surface area (Å²) in [6.07, 6.45) is 4.36. The number of carbonyl (C=O) groups excluding carboxylic acids is 1. The van der Waals surface area contributed by atoms with Crippen LogP contribution in [0.4, 0.5) is 10.2 Å². The van der Waals surface area contributed by atoms with Crippen LogP contribution in [0.3, 0.4) is 0 Å². The van der Waals surface area contributed by atoms with Gasteiger partial charge in [0.15, 0.2) is 6.20 Å². The van der Waals surface area contributed by atoms with Crippen molar-refractivity contribution in [3.8, 4) is 0 Å². The topological polar surface area (TPSA) is 60.1 Å². The van der Waals surface area contributed by atoms with Crippen LogP contribution in [-0.2, 0) is 11.3 Å². The van der Waals surface area contributed by atoms with Gasteiger partial charge in [-0.05, 0) is 55.3 Å². The minimum absolute atomic E-state index is 0.194. The normalized spacial score (nSPS) is 20.3. The number of esters is 1. The summed E-state index contributed by atoms with van der Waals surface area (Å²) in [5, 5.41) is 11.3. The molecular formula is C25H32Cl2FN4O3+. The Morgan fingerprint density at radius 3 is 2.57 bits per heavy atom. The summed E-state index contributed by atoms with van der Waals surface area (Å²) in [5.41, 5.74) is 0.875. The number of halogens is 3. The van der Waals surface area contributed by atoms with Gasteiger partial charge in [-0.1, -0.05) is 36.2 Å². The highest BCUT2D eigenvalue weighted by atomic mass is 35.5. The van der Waals surface area contributed by atoms with Gasteiger partial charge in [-0.15, -0.1) is 0 Å². The van der Waals surface area contributed by atoms with Crippen molar-refractivity contribution in [2.24, 2.45) is 0 Å². The molecule has 2 aliphatic rings. The molecule has 3 heterocycles. The highest BCUT2D eigenvalue weighted by Crippen LogP contribution is 2.29. The Kier molecular flexibility index (Phi) is 8.37. The lowest BCUT2D eigenvalue weighted by atomic mass is 9.97. The molecule has 7 nitrogen and oxygen atoms in total. The molecule has 1 N–H and O–H groups in total. The van der Waals surface area contributed by atoms with Crippen molar-refractivity contribution in [2.75, 3.05) is 44.7 Å². The van der Waals surface area contributed by atoms with Crippen LogP contribution in [0.25, 0.3) is 0 Å². The Morgan fingerprint density at radius 2 is 1.94 bits per heavy atom. The second-order valence-electron chi connectivity index (χ2n) is 9.23. The molecule has 0 saturated carbocycles. The number of piperazine rings is 1. The van der Waals surface area contributed by atoms with Crippen molar-refractivity contribution in [1.29, 1.82) is 0 Å². The van der Waals surface area contributed by atoms with E-state index in [1.165, 1.54) is 25.4 Å². The molecule has 0 radical (unpaired) electrons. The van der Waals surface area contributed by atoms with Crippen molar-refractivity contribution in [1.82, 2.24) is 9.80 Å². The summed E-state index contributed by atoms with van der Waals surface area (Å²) in [6, 6.07) is 7.19. The average molecular weight is 526 g/mol. The van der Waals surface area contributed by atoms with Gasteiger partial charge in [0.1, 0.15) is 22.9 Å². The number of methoxy groups -OCH3 is 1.